The van der Waals surface area contributed by atoms with Crippen LogP contribution in [0.1, 0.15) is 55.3 Å². The summed E-state index contributed by atoms with van der Waals surface area (Å²) in [7, 11) is 0. The SMILES string of the molecule is CC1(c2oc(-c3cccs3)nc2C(=O)O)CCCCC1. The standard InChI is InChI=1S/C15H17NO3S/c1-15(7-3-2-4-8-15)12-11(14(17)18)16-13(19-12)10-6-5-9-20-10/h5-6,9H,2-4,7-8H2,1H3,(H,17,18). The van der Waals surface area contributed by atoms with E-state index in [0.717, 1.165) is 30.6 Å². The van der Waals surface area contributed by atoms with E-state index in [-0.39, 0.29) is 11.1 Å². The van der Waals surface area contributed by atoms with Crippen LogP contribution in [0.3, 0.4) is 0 Å². The van der Waals surface area contributed by atoms with Crippen LogP contribution in [0.2, 0.25) is 0 Å². The minimum atomic E-state index is -1.00. The predicted octanol–water partition coefficient (Wildman–Crippen LogP) is 4.32. The van der Waals surface area contributed by atoms with E-state index < -0.39 is 5.97 Å². The Morgan fingerprint density at radius 1 is 1.40 bits per heavy atom. The molecule has 2 aromatic heterocycles. The first kappa shape index (κ1) is 13.4. The van der Waals surface area contributed by atoms with E-state index >= 15 is 0 Å². The lowest BCUT2D eigenvalue weighted by Gasteiger charge is -2.31. The molecule has 3 rings (SSSR count). The first-order valence-electron chi connectivity index (χ1n) is 6.89. The van der Waals surface area contributed by atoms with Crippen molar-refractivity contribution in [3.63, 3.8) is 0 Å². The lowest BCUT2D eigenvalue weighted by molar-refractivity contribution is 0.0684. The van der Waals surface area contributed by atoms with E-state index in [9.17, 15) is 9.90 Å². The highest BCUT2D eigenvalue weighted by molar-refractivity contribution is 7.13. The third-order valence-corrected chi connectivity index (χ3v) is 4.92. The maximum Gasteiger partial charge on any atom is 0.358 e. The molecule has 4 nitrogen and oxygen atoms in total. The summed E-state index contributed by atoms with van der Waals surface area (Å²) in [6, 6.07) is 3.81. The first-order valence-corrected chi connectivity index (χ1v) is 7.77. The smallest absolute Gasteiger partial charge is 0.358 e. The summed E-state index contributed by atoms with van der Waals surface area (Å²) in [6.45, 7) is 2.09. The molecule has 0 spiro atoms. The fourth-order valence-electron chi connectivity index (χ4n) is 2.94. The second-order valence-electron chi connectivity index (χ2n) is 5.60. The van der Waals surface area contributed by atoms with Crippen molar-refractivity contribution in [2.24, 2.45) is 0 Å². The Bertz CT molecular complexity index is 609. The van der Waals surface area contributed by atoms with Gasteiger partial charge in [-0.15, -0.1) is 11.3 Å². The predicted molar refractivity (Wildman–Crippen MR) is 77.2 cm³/mol. The van der Waals surface area contributed by atoms with Gasteiger partial charge in [0, 0.05) is 5.41 Å². The molecule has 1 saturated carbocycles. The second-order valence-corrected chi connectivity index (χ2v) is 6.55. The molecule has 0 aromatic carbocycles. The molecule has 0 unspecified atom stereocenters. The Labute approximate surface area is 121 Å². The number of carboxylic acid groups (broad SMARTS) is 1. The van der Waals surface area contributed by atoms with Crippen LogP contribution in [-0.4, -0.2) is 16.1 Å². The summed E-state index contributed by atoms with van der Waals surface area (Å²) in [5, 5.41) is 11.3. The lowest BCUT2D eigenvalue weighted by Crippen LogP contribution is -2.26. The van der Waals surface area contributed by atoms with E-state index in [1.165, 1.54) is 17.8 Å². The van der Waals surface area contributed by atoms with E-state index in [2.05, 4.69) is 11.9 Å². The Kier molecular flexibility index (Phi) is 3.38. The average Bonchev–Trinajstić information content (AvgIpc) is 3.09. The molecule has 0 amide bonds. The van der Waals surface area contributed by atoms with Gasteiger partial charge >= 0.3 is 5.97 Å². The van der Waals surface area contributed by atoms with Gasteiger partial charge in [-0.2, -0.15) is 0 Å². The van der Waals surface area contributed by atoms with Gasteiger partial charge in [0.25, 0.3) is 0 Å². The second kappa shape index (κ2) is 5.05. The van der Waals surface area contributed by atoms with Gasteiger partial charge in [-0.25, -0.2) is 9.78 Å². The molecule has 1 aliphatic rings. The molecule has 0 bridgehead atoms. The fourth-order valence-corrected chi connectivity index (χ4v) is 3.59. The minimum Gasteiger partial charge on any atom is -0.476 e. The van der Waals surface area contributed by atoms with Gasteiger partial charge in [-0.1, -0.05) is 32.3 Å². The third kappa shape index (κ3) is 2.26. The van der Waals surface area contributed by atoms with Gasteiger partial charge < -0.3 is 9.52 Å². The zero-order valence-corrected chi connectivity index (χ0v) is 12.2. The molecular weight excluding hydrogens is 274 g/mol. The van der Waals surface area contributed by atoms with Gasteiger partial charge in [0.05, 0.1) is 4.88 Å². The van der Waals surface area contributed by atoms with Crippen LogP contribution in [0.4, 0.5) is 0 Å². The van der Waals surface area contributed by atoms with Crippen molar-refractivity contribution in [3.8, 4) is 10.8 Å². The summed E-state index contributed by atoms with van der Waals surface area (Å²) in [5.41, 5.74) is -0.119. The Hall–Kier alpha value is -1.62. The Balaban J connectivity index is 2.07. The Morgan fingerprint density at radius 2 is 2.15 bits per heavy atom. The van der Waals surface area contributed by atoms with E-state index in [0.29, 0.717) is 11.7 Å². The van der Waals surface area contributed by atoms with E-state index in [1.807, 2.05) is 17.5 Å². The van der Waals surface area contributed by atoms with Crippen LogP contribution < -0.4 is 0 Å². The quantitative estimate of drug-likeness (QED) is 0.914. The molecule has 20 heavy (non-hydrogen) atoms. The number of oxazole rings is 1. The summed E-state index contributed by atoms with van der Waals surface area (Å²) in [6.07, 6.45) is 5.37. The summed E-state index contributed by atoms with van der Waals surface area (Å²) in [4.78, 5) is 16.6. The molecule has 0 aliphatic heterocycles. The molecule has 2 aromatic rings. The van der Waals surface area contributed by atoms with Gasteiger partial charge in [-0.05, 0) is 24.3 Å². The van der Waals surface area contributed by atoms with Gasteiger partial charge in [0.2, 0.25) is 5.89 Å². The number of aromatic carboxylic acids is 1. The van der Waals surface area contributed by atoms with Crippen LogP contribution in [0, 0.1) is 0 Å². The van der Waals surface area contributed by atoms with Gasteiger partial charge in [0.1, 0.15) is 5.76 Å². The Morgan fingerprint density at radius 3 is 2.75 bits per heavy atom. The third-order valence-electron chi connectivity index (χ3n) is 4.07. The van der Waals surface area contributed by atoms with Crippen molar-refractivity contribution in [1.29, 1.82) is 0 Å². The van der Waals surface area contributed by atoms with Crippen molar-refractivity contribution >= 4 is 17.3 Å². The maximum atomic E-state index is 11.5. The van der Waals surface area contributed by atoms with Crippen molar-refractivity contribution in [3.05, 3.63) is 29.0 Å². The minimum absolute atomic E-state index is 0.0813. The van der Waals surface area contributed by atoms with Crippen molar-refractivity contribution in [2.75, 3.05) is 0 Å². The molecule has 5 heteroatoms. The number of rotatable bonds is 3. The molecule has 0 radical (unpaired) electrons. The number of nitrogens with zero attached hydrogens (tertiary/aromatic N) is 1. The number of hydrogen-bond acceptors (Lipinski definition) is 4. The largest absolute Gasteiger partial charge is 0.476 e. The zero-order chi connectivity index (χ0) is 14.2. The number of thiophene rings is 1. The molecule has 1 aliphatic carbocycles. The van der Waals surface area contributed by atoms with Crippen LogP contribution in [0.15, 0.2) is 21.9 Å². The highest BCUT2D eigenvalue weighted by atomic mass is 32.1. The lowest BCUT2D eigenvalue weighted by atomic mass is 9.73. The van der Waals surface area contributed by atoms with E-state index in [4.69, 9.17) is 4.42 Å². The maximum absolute atomic E-state index is 11.5. The molecule has 106 valence electrons. The molecular formula is C15H17NO3S. The van der Waals surface area contributed by atoms with Crippen molar-refractivity contribution in [1.82, 2.24) is 4.98 Å². The highest BCUT2D eigenvalue weighted by Gasteiger charge is 2.37. The first-order chi connectivity index (χ1) is 9.60. The van der Waals surface area contributed by atoms with Gasteiger partial charge in [-0.3, -0.25) is 0 Å². The average molecular weight is 291 g/mol. The number of carbonyl (C=O) groups is 1. The summed E-state index contributed by atoms with van der Waals surface area (Å²) in [5.74, 6) is -0.0225. The molecule has 1 N–H and O–H groups in total. The monoisotopic (exact) mass is 291 g/mol. The molecule has 0 atom stereocenters. The fraction of sp³-hybridized carbons (Fsp3) is 0.467. The summed E-state index contributed by atoms with van der Waals surface area (Å²) < 4.78 is 5.88. The number of carboxylic acids is 1. The van der Waals surface area contributed by atoms with Crippen LogP contribution in [0.25, 0.3) is 10.8 Å². The number of hydrogen-bond donors (Lipinski definition) is 1. The highest BCUT2D eigenvalue weighted by Crippen LogP contribution is 2.42. The zero-order valence-electron chi connectivity index (χ0n) is 11.4. The van der Waals surface area contributed by atoms with Crippen molar-refractivity contribution in [2.45, 2.75) is 44.4 Å². The topological polar surface area (TPSA) is 63.3 Å². The molecule has 1 fully saturated rings. The number of aromatic nitrogens is 1. The molecule has 0 saturated heterocycles. The van der Waals surface area contributed by atoms with Crippen LogP contribution >= 0.6 is 11.3 Å². The normalized spacial score (nSPS) is 18.1. The van der Waals surface area contributed by atoms with Crippen LogP contribution in [-0.2, 0) is 5.41 Å². The molecule has 2 heterocycles. The van der Waals surface area contributed by atoms with E-state index in [1.54, 1.807) is 0 Å². The van der Waals surface area contributed by atoms with Gasteiger partial charge in [0.15, 0.2) is 5.69 Å². The summed E-state index contributed by atoms with van der Waals surface area (Å²) >= 11 is 1.51. The van der Waals surface area contributed by atoms with Crippen molar-refractivity contribution < 1.29 is 14.3 Å². The van der Waals surface area contributed by atoms with Crippen LogP contribution in [0.5, 0.6) is 0 Å².